The first-order valence-electron chi connectivity index (χ1n) is 13.1. The van der Waals surface area contributed by atoms with Crippen LogP contribution in [-0.2, 0) is 32.6 Å². The molecule has 0 spiro atoms. The molecule has 0 heterocycles. The van der Waals surface area contributed by atoms with Crippen LogP contribution in [0, 0.1) is 6.92 Å². The number of carbonyl (C=O) groups excluding carboxylic acids is 2. The van der Waals surface area contributed by atoms with Gasteiger partial charge in [0.15, 0.2) is 0 Å². The van der Waals surface area contributed by atoms with E-state index in [0.29, 0.717) is 11.6 Å². The Labute approximate surface area is 250 Å². The second-order valence-electron chi connectivity index (χ2n) is 9.70. The van der Waals surface area contributed by atoms with Gasteiger partial charge in [0.1, 0.15) is 12.6 Å². The molecule has 3 rings (SSSR count). The lowest BCUT2D eigenvalue weighted by Gasteiger charge is -2.33. The van der Waals surface area contributed by atoms with Crippen LogP contribution >= 0.6 is 27.5 Å². The fourth-order valence-corrected chi connectivity index (χ4v) is 5.48. The molecule has 0 bridgehead atoms. The highest BCUT2D eigenvalue weighted by Gasteiger charge is 2.33. The summed E-state index contributed by atoms with van der Waals surface area (Å²) in [5.41, 5.74) is 2.76. The Morgan fingerprint density at radius 2 is 1.68 bits per heavy atom. The number of anilines is 1. The molecular weight excluding hydrogens is 614 g/mol. The van der Waals surface area contributed by atoms with E-state index in [2.05, 4.69) is 21.2 Å². The SMILES string of the molecule is CCCCNC(=O)[C@H](Cc1ccccc1)N(Cc1ccc(Br)cc1)C(=O)CN(c1ccc(C)c(Cl)c1)S(C)(=O)=O. The molecule has 3 aromatic carbocycles. The minimum atomic E-state index is -3.86. The van der Waals surface area contributed by atoms with E-state index in [9.17, 15) is 18.0 Å². The Morgan fingerprint density at radius 1 is 1.00 bits per heavy atom. The molecule has 0 aliphatic rings. The maximum atomic E-state index is 14.1. The number of nitrogens with zero attached hydrogens (tertiary/aromatic N) is 2. The summed E-state index contributed by atoms with van der Waals surface area (Å²) >= 11 is 9.73. The maximum absolute atomic E-state index is 14.1. The Hall–Kier alpha value is -2.88. The highest BCUT2D eigenvalue weighted by atomic mass is 79.9. The average Bonchev–Trinajstić information content (AvgIpc) is 2.92. The van der Waals surface area contributed by atoms with E-state index in [1.807, 2.05) is 68.4 Å². The van der Waals surface area contributed by atoms with Crippen LogP contribution in [0.5, 0.6) is 0 Å². The number of hydrogen-bond acceptors (Lipinski definition) is 4. The van der Waals surface area contributed by atoms with Crippen molar-refractivity contribution in [2.45, 2.75) is 45.7 Å². The minimum Gasteiger partial charge on any atom is -0.354 e. The molecule has 7 nitrogen and oxygen atoms in total. The van der Waals surface area contributed by atoms with Crippen molar-refractivity contribution in [1.82, 2.24) is 10.2 Å². The van der Waals surface area contributed by atoms with Crippen LogP contribution in [0.2, 0.25) is 5.02 Å². The number of sulfonamides is 1. The van der Waals surface area contributed by atoms with Crippen LogP contribution in [0.15, 0.2) is 77.3 Å². The molecule has 0 aliphatic carbocycles. The zero-order chi connectivity index (χ0) is 29.3. The van der Waals surface area contributed by atoms with Gasteiger partial charge in [-0.25, -0.2) is 8.42 Å². The van der Waals surface area contributed by atoms with Gasteiger partial charge in [-0.2, -0.15) is 0 Å². The number of unbranched alkanes of at least 4 members (excludes halogenated alkanes) is 1. The maximum Gasteiger partial charge on any atom is 0.244 e. The van der Waals surface area contributed by atoms with Crippen molar-refractivity contribution >= 4 is 55.1 Å². The summed E-state index contributed by atoms with van der Waals surface area (Å²) in [5, 5.41) is 3.36. The van der Waals surface area contributed by atoms with Crippen LogP contribution in [0.3, 0.4) is 0 Å². The van der Waals surface area contributed by atoms with Gasteiger partial charge in [0, 0.05) is 29.0 Å². The van der Waals surface area contributed by atoms with E-state index in [-0.39, 0.29) is 24.6 Å². The molecule has 0 saturated carbocycles. The van der Waals surface area contributed by atoms with Gasteiger partial charge in [-0.1, -0.05) is 89.4 Å². The molecule has 2 amide bonds. The average molecular weight is 649 g/mol. The molecule has 0 saturated heterocycles. The number of benzene rings is 3. The summed E-state index contributed by atoms with van der Waals surface area (Å²) in [6.45, 7) is 3.97. The molecule has 1 atom stereocenters. The van der Waals surface area contributed by atoms with Gasteiger partial charge in [-0.3, -0.25) is 13.9 Å². The van der Waals surface area contributed by atoms with E-state index >= 15 is 0 Å². The monoisotopic (exact) mass is 647 g/mol. The zero-order valence-corrected chi connectivity index (χ0v) is 26.1. The van der Waals surface area contributed by atoms with Crippen molar-refractivity contribution in [3.63, 3.8) is 0 Å². The first-order valence-corrected chi connectivity index (χ1v) is 16.1. The molecular formula is C30H35BrClN3O4S. The van der Waals surface area contributed by atoms with Crippen molar-refractivity contribution in [2.24, 2.45) is 0 Å². The van der Waals surface area contributed by atoms with Crippen LogP contribution in [0.1, 0.15) is 36.5 Å². The fraction of sp³-hybridized carbons (Fsp3) is 0.333. The molecule has 0 radical (unpaired) electrons. The van der Waals surface area contributed by atoms with Crippen LogP contribution in [0.25, 0.3) is 0 Å². The predicted molar refractivity (Wildman–Crippen MR) is 165 cm³/mol. The lowest BCUT2D eigenvalue weighted by Crippen LogP contribution is -2.53. The number of aryl methyl sites for hydroxylation is 1. The van der Waals surface area contributed by atoms with Gasteiger partial charge in [-0.15, -0.1) is 0 Å². The zero-order valence-electron chi connectivity index (χ0n) is 22.9. The predicted octanol–water partition coefficient (Wildman–Crippen LogP) is 5.73. The third kappa shape index (κ3) is 9.08. The third-order valence-electron chi connectivity index (χ3n) is 6.49. The van der Waals surface area contributed by atoms with Gasteiger partial charge in [-0.05, 0) is 54.3 Å². The first kappa shape index (κ1) is 31.6. The second kappa shape index (κ2) is 14.7. The number of amides is 2. The fourth-order valence-electron chi connectivity index (χ4n) is 4.20. The molecule has 10 heteroatoms. The van der Waals surface area contributed by atoms with Gasteiger partial charge in [0.2, 0.25) is 21.8 Å². The van der Waals surface area contributed by atoms with Crippen molar-refractivity contribution in [2.75, 3.05) is 23.7 Å². The molecule has 1 N–H and O–H groups in total. The smallest absolute Gasteiger partial charge is 0.244 e. The lowest BCUT2D eigenvalue weighted by molar-refractivity contribution is -0.140. The van der Waals surface area contributed by atoms with Gasteiger partial charge in [0.25, 0.3) is 0 Å². The van der Waals surface area contributed by atoms with Gasteiger partial charge >= 0.3 is 0 Å². The first-order chi connectivity index (χ1) is 19.0. The standard InChI is InChI=1S/C30H35BrClN3O4S/c1-4-5-17-33-30(37)28(18-23-9-7-6-8-10-23)34(20-24-12-14-25(31)15-13-24)29(36)21-35(40(3,38)39)26-16-11-22(2)27(32)19-26/h6-16,19,28H,4-5,17-18,20-21H2,1-3H3,(H,33,37)/t28-/m0/s1. The number of rotatable bonds is 13. The molecule has 0 unspecified atom stereocenters. The Bertz CT molecular complexity index is 1400. The Kier molecular flexibility index (Phi) is 11.6. The lowest BCUT2D eigenvalue weighted by atomic mass is 10.0. The Morgan fingerprint density at radius 3 is 2.27 bits per heavy atom. The summed E-state index contributed by atoms with van der Waals surface area (Å²) in [5.74, 6) is -0.788. The van der Waals surface area contributed by atoms with E-state index in [4.69, 9.17) is 11.6 Å². The Balaban J connectivity index is 2.03. The topological polar surface area (TPSA) is 86.8 Å². The highest BCUT2D eigenvalue weighted by molar-refractivity contribution is 9.10. The largest absolute Gasteiger partial charge is 0.354 e. The normalized spacial score (nSPS) is 12.0. The van der Waals surface area contributed by atoms with Crippen molar-refractivity contribution < 1.29 is 18.0 Å². The van der Waals surface area contributed by atoms with Crippen LogP contribution in [0.4, 0.5) is 5.69 Å². The van der Waals surface area contributed by atoms with Crippen molar-refractivity contribution in [1.29, 1.82) is 0 Å². The van der Waals surface area contributed by atoms with Crippen LogP contribution in [-0.4, -0.2) is 50.5 Å². The van der Waals surface area contributed by atoms with Gasteiger partial charge in [0.05, 0.1) is 11.9 Å². The van der Waals surface area contributed by atoms with E-state index < -0.39 is 28.5 Å². The summed E-state index contributed by atoms with van der Waals surface area (Å²) < 4.78 is 27.7. The summed E-state index contributed by atoms with van der Waals surface area (Å²) in [4.78, 5) is 29.1. The van der Waals surface area contributed by atoms with Gasteiger partial charge < -0.3 is 10.2 Å². The molecule has 214 valence electrons. The van der Waals surface area contributed by atoms with Crippen LogP contribution < -0.4 is 9.62 Å². The quantitative estimate of drug-likeness (QED) is 0.240. The molecule has 3 aromatic rings. The van der Waals surface area contributed by atoms with E-state index in [1.165, 1.54) is 11.0 Å². The second-order valence-corrected chi connectivity index (χ2v) is 12.9. The molecule has 0 aromatic heterocycles. The summed E-state index contributed by atoms with van der Waals surface area (Å²) in [6.07, 6.45) is 3.04. The van der Waals surface area contributed by atoms with E-state index in [1.54, 1.807) is 12.1 Å². The number of carbonyl (C=O) groups is 2. The van der Waals surface area contributed by atoms with Crippen molar-refractivity contribution in [3.8, 4) is 0 Å². The number of halogens is 2. The molecule has 0 aliphatic heterocycles. The third-order valence-corrected chi connectivity index (χ3v) is 8.57. The number of nitrogens with one attached hydrogen (secondary N) is 1. The highest BCUT2D eigenvalue weighted by Crippen LogP contribution is 2.26. The summed E-state index contributed by atoms with van der Waals surface area (Å²) in [7, 11) is -3.86. The van der Waals surface area contributed by atoms with Crippen molar-refractivity contribution in [3.05, 3.63) is 99.0 Å². The minimum absolute atomic E-state index is 0.122. The van der Waals surface area contributed by atoms with E-state index in [0.717, 1.165) is 44.6 Å². The summed E-state index contributed by atoms with van der Waals surface area (Å²) in [6, 6.07) is 20.9. The number of hydrogen-bond donors (Lipinski definition) is 1. The molecule has 40 heavy (non-hydrogen) atoms. The molecule has 0 fully saturated rings.